The molecule has 0 bridgehead atoms. The Bertz CT molecular complexity index is 3110. The molecule has 1 fully saturated rings. The van der Waals surface area contributed by atoms with Crippen LogP contribution < -0.4 is 0 Å². The highest BCUT2D eigenvalue weighted by atomic mass is 14.9. The van der Waals surface area contributed by atoms with Crippen LogP contribution in [-0.2, 0) is 5.41 Å². The molecule has 66 heavy (non-hydrogen) atoms. The maximum absolute atomic E-state index is 5.30. The SMILES string of the molecule is C=C(/C=C(\N=C(C)c1ccccc1)c1ccc(C2(c3ccc(-c4cc(-c5cccc6ccccc56)nc(C5=CCC(C)C=C5)n4)cc3)CCCCC2)cc1)c1cccc2ccccc12.CC. The van der Waals surface area contributed by atoms with Gasteiger partial charge in [0.15, 0.2) is 5.82 Å². The van der Waals surface area contributed by atoms with Gasteiger partial charge < -0.3 is 0 Å². The van der Waals surface area contributed by atoms with Crippen LogP contribution in [0.1, 0.15) is 99.9 Å². The number of fused-ring (bicyclic) bond motifs is 2. The summed E-state index contributed by atoms with van der Waals surface area (Å²) in [6, 6.07) is 61.2. The molecule has 0 N–H and O–H groups in total. The summed E-state index contributed by atoms with van der Waals surface area (Å²) in [6.07, 6.45) is 15.8. The zero-order valence-electron chi connectivity index (χ0n) is 38.8. The van der Waals surface area contributed by atoms with Gasteiger partial charge in [-0.05, 0) is 93.6 Å². The van der Waals surface area contributed by atoms with Gasteiger partial charge in [0.2, 0.25) is 0 Å². The topological polar surface area (TPSA) is 38.1 Å². The van der Waals surface area contributed by atoms with E-state index in [1.165, 1.54) is 51.9 Å². The van der Waals surface area contributed by atoms with Crippen molar-refractivity contribution >= 4 is 44.1 Å². The van der Waals surface area contributed by atoms with Gasteiger partial charge in [0, 0.05) is 33.4 Å². The van der Waals surface area contributed by atoms with Crippen LogP contribution in [0.25, 0.3) is 60.9 Å². The van der Waals surface area contributed by atoms with E-state index in [-0.39, 0.29) is 5.41 Å². The molecule has 0 aliphatic heterocycles. The number of rotatable bonds is 10. The highest BCUT2D eigenvalue weighted by Crippen LogP contribution is 2.46. The lowest BCUT2D eigenvalue weighted by molar-refractivity contribution is 0.346. The third kappa shape index (κ3) is 9.17. The molecule has 2 aliphatic rings. The molecular formula is C63H59N3. The van der Waals surface area contributed by atoms with Gasteiger partial charge in [-0.2, -0.15) is 0 Å². The van der Waals surface area contributed by atoms with Crippen molar-refractivity contribution in [1.29, 1.82) is 0 Å². The molecule has 8 aromatic rings. The quantitative estimate of drug-likeness (QED) is 0.101. The van der Waals surface area contributed by atoms with Gasteiger partial charge in [0.25, 0.3) is 0 Å². The number of aromatic nitrogens is 2. The molecular weight excluding hydrogens is 799 g/mol. The summed E-state index contributed by atoms with van der Waals surface area (Å²) in [5, 5.41) is 4.79. The van der Waals surface area contributed by atoms with E-state index in [1.54, 1.807) is 0 Å². The molecule has 3 nitrogen and oxygen atoms in total. The molecule has 7 aromatic carbocycles. The van der Waals surface area contributed by atoms with Crippen LogP contribution in [0.5, 0.6) is 0 Å². The first-order valence-corrected chi connectivity index (χ1v) is 23.9. The summed E-state index contributed by atoms with van der Waals surface area (Å²) in [5.41, 5.74) is 13.9. The second kappa shape index (κ2) is 19.9. The van der Waals surface area contributed by atoms with E-state index in [9.17, 15) is 0 Å². The van der Waals surface area contributed by atoms with Gasteiger partial charge in [-0.25, -0.2) is 9.97 Å². The average Bonchev–Trinajstić information content (AvgIpc) is 3.39. The molecule has 2 aliphatic carbocycles. The van der Waals surface area contributed by atoms with Crippen molar-refractivity contribution in [3.63, 3.8) is 0 Å². The second-order valence-corrected chi connectivity index (χ2v) is 17.7. The Hall–Kier alpha value is -7.23. The van der Waals surface area contributed by atoms with E-state index in [0.717, 1.165) is 86.8 Å². The van der Waals surface area contributed by atoms with Crippen molar-refractivity contribution < 1.29 is 0 Å². The zero-order chi connectivity index (χ0) is 45.5. The number of aliphatic imine (C=N–C) groups is 1. The fraction of sp³-hybridized carbons (Fsp3) is 0.190. The van der Waals surface area contributed by atoms with Crippen molar-refractivity contribution in [3.8, 4) is 22.5 Å². The molecule has 1 heterocycles. The minimum absolute atomic E-state index is 0.0890. The maximum atomic E-state index is 5.30. The Morgan fingerprint density at radius 1 is 0.636 bits per heavy atom. The van der Waals surface area contributed by atoms with E-state index in [1.807, 2.05) is 19.9 Å². The molecule has 3 heteroatoms. The lowest BCUT2D eigenvalue weighted by Crippen LogP contribution is -2.30. The molecule has 0 radical (unpaired) electrons. The third-order valence-corrected chi connectivity index (χ3v) is 13.5. The average molecular weight is 858 g/mol. The second-order valence-electron chi connectivity index (χ2n) is 17.7. The van der Waals surface area contributed by atoms with E-state index >= 15 is 0 Å². The first kappa shape index (κ1) is 44.0. The van der Waals surface area contributed by atoms with Gasteiger partial charge in [-0.1, -0.05) is 229 Å². The number of hydrogen-bond acceptors (Lipinski definition) is 3. The molecule has 0 spiro atoms. The minimum Gasteiger partial charge on any atom is -0.252 e. The molecule has 10 rings (SSSR count). The molecule has 0 saturated heterocycles. The van der Waals surface area contributed by atoms with Gasteiger partial charge >= 0.3 is 0 Å². The first-order chi connectivity index (χ1) is 32.4. The molecule has 326 valence electrons. The first-order valence-electron chi connectivity index (χ1n) is 23.9. The Morgan fingerprint density at radius 3 is 1.94 bits per heavy atom. The summed E-state index contributed by atoms with van der Waals surface area (Å²) in [7, 11) is 0. The van der Waals surface area contributed by atoms with Crippen LogP contribution in [0, 0.1) is 5.92 Å². The van der Waals surface area contributed by atoms with Crippen molar-refractivity contribution in [2.24, 2.45) is 10.9 Å². The van der Waals surface area contributed by atoms with Crippen LogP contribution in [0.3, 0.4) is 0 Å². The summed E-state index contributed by atoms with van der Waals surface area (Å²) in [5.74, 6) is 1.28. The summed E-state index contributed by atoms with van der Waals surface area (Å²) < 4.78 is 0. The highest BCUT2D eigenvalue weighted by Gasteiger charge is 2.36. The van der Waals surface area contributed by atoms with Crippen molar-refractivity contribution in [3.05, 3.63) is 234 Å². The predicted octanol–water partition coefficient (Wildman–Crippen LogP) is 16.9. The smallest absolute Gasteiger partial charge is 0.160 e. The molecule has 1 unspecified atom stereocenters. The monoisotopic (exact) mass is 857 g/mol. The summed E-state index contributed by atoms with van der Waals surface area (Å²) in [4.78, 5) is 15.8. The van der Waals surface area contributed by atoms with Crippen LogP contribution in [0.15, 0.2) is 206 Å². The van der Waals surface area contributed by atoms with E-state index < -0.39 is 0 Å². The normalized spacial score (nSPS) is 16.1. The standard InChI is InChI=1S/C61H53N3.C2H6/c1-42-26-28-50(29-27-42)60-63-58(41-59(64-60)56-25-15-21-47-19-9-11-23-55(47)56)49-32-36-52(37-33-49)61(38-12-5-13-39-61)51-34-30-48(31-35-51)57(62-44(3)45-16-6-4-7-17-45)40-43(2)53-24-14-20-46-18-8-10-22-54(46)53;1-2/h4,6-11,14-26,28-37,40-42H,2,5,12-13,27,38-39H2,1,3H3;1-2H3/b57-40-,62-44?;. The van der Waals surface area contributed by atoms with Crippen LogP contribution in [-0.4, -0.2) is 15.7 Å². The largest absolute Gasteiger partial charge is 0.252 e. The summed E-state index contributed by atoms with van der Waals surface area (Å²) >= 11 is 0. The molecule has 1 aromatic heterocycles. The van der Waals surface area contributed by atoms with E-state index in [4.69, 9.17) is 15.0 Å². The van der Waals surface area contributed by atoms with Crippen molar-refractivity contribution in [2.75, 3.05) is 0 Å². The van der Waals surface area contributed by atoms with Crippen LogP contribution in [0.2, 0.25) is 0 Å². The zero-order valence-corrected chi connectivity index (χ0v) is 38.8. The fourth-order valence-electron chi connectivity index (χ4n) is 9.88. The Kier molecular flexibility index (Phi) is 13.3. The van der Waals surface area contributed by atoms with Crippen LogP contribution in [0.4, 0.5) is 0 Å². The van der Waals surface area contributed by atoms with Crippen LogP contribution >= 0.6 is 0 Å². The molecule has 0 amide bonds. The number of nitrogens with zero attached hydrogens (tertiary/aromatic N) is 3. The van der Waals surface area contributed by atoms with Crippen molar-refractivity contribution in [1.82, 2.24) is 9.97 Å². The lowest BCUT2D eigenvalue weighted by atomic mass is 9.65. The molecule has 1 saturated carbocycles. The van der Waals surface area contributed by atoms with Gasteiger partial charge in [0.1, 0.15) is 0 Å². The van der Waals surface area contributed by atoms with Gasteiger partial charge in [0.05, 0.1) is 17.1 Å². The summed E-state index contributed by atoms with van der Waals surface area (Å²) in [6.45, 7) is 12.9. The highest BCUT2D eigenvalue weighted by molar-refractivity contribution is 6.03. The predicted molar refractivity (Wildman–Crippen MR) is 283 cm³/mol. The number of hydrogen-bond donors (Lipinski definition) is 0. The lowest BCUT2D eigenvalue weighted by Gasteiger charge is -2.39. The van der Waals surface area contributed by atoms with Gasteiger partial charge in [-0.15, -0.1) is 0 Å². The van der Waals surface area contributed by atoms with E-state index in [2.05, 4.69) is 209 Å². The number of benzene rings is 7. The molecule has 1 atom stereocenters. The van der Waals surface area contributed by atoms with E-state index in [0.29, 0.717) is 5.92 Å². The Morgan fingerprint density at radius 2 is 1.24 bits per heavy atom. The van der Waals surface area contributed by atoms with Crippen molar-refractivity contribution in [2.45, 2.75) is 71.6 Å². The third-order valence-electron chi connectivity index (χ3n) is 13.5. The minimum atomic E-state index is -0.0890. The fourth-order valence-corrected chi connectivity index (χ4v) is 9.88. The Labute approximate surface area is 391 Å². The Balaban J connectivity index is 0.00000270. The van der Waals surface area contributed by atoms with Gasteiger partial charge in [-0.3, -0.25) is 4.99 Å². The number of allylic oxidation sites excluding steroid dienone is 6. The maximum Gasteiger partial charge on any atom is 0.160 e.